The van der Waals surface area contributed by atoms with E-state index in [-0.39, 0.29) is 6.71 Å². The fourth-order valence-corrected chi connectivity index (χ4v) is 12.7. The molecule has 3 heteroatoms. The van der Waals surface area contributed by atoms with Crippen LogP contribution in [0.5, 0.6) is 0 Å². The van der Waals surface area contributed by atoms with E-state index < -0.39 is 0 Å². The minimum Gasteiger partial charge on any atom is -0.311 e. The molecule has 0 saturated heterocycles. The third-order valence-electron chi connectivity index (χ3n) is 16.1. The molecule has 0 aromatic heterocycles. The van der Waals surface area contributed by atoms with E-state index in [0.717, 1.165) is 11.4 Å². The van der Waals surface area contributed by atoms with E-state index in [1.807, 2.05) is 0 Å². The molecule has 0 bridgehead atoms. The zero-order valence-electron chi connectivity index (χ0n) is 41.8. The molecular weight excluding hydrogens is 904 g/mol. The Balaban J connectivity index is 1.05. The molecule has 0 amide bonds. The Labute approximate surface area is 438 Å². The maximum Gasteiger partial charge on any atom is 0.252 e. The van der Waals surface area contributed by atoms with Crippen LogP contribution in [0.2, 0.25) is 0 Å². The van der Waals surface area contributed by atoms with Crippen LogP contribution >= 0.6 is 0 Å². The average Bonchev–Trinajstić information content (AvgIpc) is 3.46. The van der Waals surface area contributed by atoms with Gasteiger partial charge < -0.3 is 9.80 Å². The summed E-state index contributed by atoms with van der Waals surface area (Å²) in [6.07, 6.45) is 0. The summed E-state index contributed by atoms with van der Waals surface area (Å²) >= 11 is 0. The second-order valence-corrected chi connectivity index (χ2v) is 20.6. The lowest BCUT2D eigenvalue weighted by molar-refractivity contribution is 1.25. The summed E-state index contributed by atoms with van der Waals surface area (Å²) in [5, 5.41) is 9.91. The molecule has 2 aliphatic heterocycles. The Bertz CT molecular complexity index is 4160. The highest BCUT2D eigenvalue weighted by Gasteiger charge is 2.44. The van der Waals surface area contributed by atoms with E-state index in [1.54, 1.807) is 0 Å². The molecule has 0 unspecified atom stereocenters. The third kappa shape index (κ3) is 7.11. The number of nitrogens with zero attached hydrogens (tertiary/aromatic N) is 2. The van der Waals surface area contributed by atoms with Gasteiger partial charge in [-0.15, -0.1) is 0 Å². The number of hydrogen-bond acceptors (Lipinski definition) is 2. The smallest absolute Gasteiger partial charge is 0.252 e. The van der Waals surface area contributed by atoms with Crippen molar-refractivity contribution in [2.75, 3.05) is 9.80 Å². The van der Waals surface area contributed by atoms with Crippen molar-refractivity contribution in [3.8, 4) is 44.5 Å². The van der Waals surface area contributed by atoms with Crippen molar-refractivity contribution in [2.45, 2.75) is 13.8 Å². The topological polar surface area (TPSA) is 6.48 Å². The van der Waals surface area contributed by atoms with Crippen LogP contribution < -0.4 is 26.2 Å². The zero-order valence-corrected chi connectivity index (χ0v) is 41.8. The Kier molecular flexibility index (Phi) is 9.84. The van der Waals surface area contributed by atoms with Crippen molar-refractivity contribution >= 4 is 100 Å². The quantitative estimate of drug-likeness (QED) is 0.121. The molecular formula is C72H49BN2. The molecule has 2 aliphatic rings. The highest BCUT2D eigenvalue weighted by Crippen LogP contribution is 2.49. The van der Waals surface area contributed by atoms with Gasteiger partial charge in [0.15, 0.2) is 0 Å². The normalized spacial score (nSPS) is 12.6. The van der Waals surface area contributed by atoms with Crippen molar-refractivity contribution in [1.82, 2.24) is 0 Å². The molecule has 13 aromatic carbocycles. The third-order valence-corrected chi connectivity index (χ3v) is 16.1. The van der Waals surface area contributed by atoms with Gasteiger partial charge in [0.1, 0.15) is 0 Å². The van der Waals surface area contributed by atoms with Gasteiger partial charge in [-0.25, -0.2) is 0 Å². The van der Waals surface area contributed by atoms with Crippen molar-refractivity contribution in [1.29, 1.82) is 0 Å². The average molecular weight is 953 g/mol. The van der Waals surface area contributed by atoms with Gasteiger partial charge in [-0.1, -0.05) is 188 Å². The van der Waals surface area contributed by atoms with Crippen LogP contribution in [-0.4, -0.2) is 6.71 Å². The predicted molar refractivity (Wildman–Crippen MR) is 322 cm³/mol. The summed E-state index contributed by atoms with van der Waals surface area (Å²) in [5.74, 6) is 0. The van der Waals surface area contributed by atoms with Gasteiger partial charge in [-0.2, -0.15) is 0 Å². The van der Waals surface area contributed by atoms with E-state index in [9.17, 15) is 0 Å². The fourth-order valence-electron chi connectivity index (χ4n) is 12.7. The molecule has 13 aromatic rings. The summed E-state index contributed by atoms with van der Waals surface area (Å²) in [6.45, 7) is 4.50. The van der Waals surface area contributed by atoms with Crippen molar-refractivity contribution < 1.29 is 0 Å². The van der Waals surface area contributed by atoms with Crippen molar-refractivity contribution in [3.05, 3.63) is 272 Å². The second-order valence-electron chi connectivity index (χ2n) is 20.6. The highest BCUT2D eigenvalue weighted by atomic mass is 15.2. The first-order valence-electron chi connectivity index (χ1n) is 26.2. The number of rotatable bonds is 6. The zero-order chi connectivity index (χ0) is 49.7. The van der Waals surface area contributed by atoms with E-state index >= 15 is 0 Å². The first-order chi connectivity index (χ1) is 37.0. The van der Waals surface area contributed by atoms with Crippen LogP contribution in [0.15, 0.2) is 261 Å². The summed E-state index contributed by atoms with van der Waals surface area (Å²) < 4.78 is 0. The molecule has 75 heavy (non-hydrogen) atoms. The Hall–Kier alpha value is -9.44. The molecule has 0 aliphatic carbocycles. The van der Waals surface area contributed by atoms with Crippen LogP contribution in [0, 0.1) is 13.8 Å². The van der Waals surface area contributed by atoms with Gasteiger partial charge in [-0.3, -0.25) is 0 Å². The molecule has 2 nitrogen and oxygen atoms in total. The first-order valence-corrected chi connectivity index (χ1v) is 26.2. The lowest BCUT2D eigenvalue weighted by Crippen LogP contribution is -2.61. The van der Waals surface area contributed by atoms with Crippen LogP contribution in [0.4, 0.5) is 34.1 Å². The highest BCUT2D eigenvalue weighted by molar-refractivity contribution is 7.00. The predicted octanol–water partition coefficient (Wildman–Crippen LogP) is 17.7. The molecule has 0 saturated carbocycles. The van der Waals surface area contributed by atoms with Gasteiger partial charge in [0.2, 0.25) is 0 Å². The van der Waals surface area contributed by atoms with E-state index in [1.165, 1.54) is 138 Å². The molecule has 0 N–H and O–H groups in total. The molecule has 0 spiro atoms. The number of benzene rings is 13. The molecule has 2 heterocycles. The fraction of sp³-hybridized carbons (Fsp3) is 0.0278. The van der Waals surface area contributed by atoms with Crippen LogP contribution in [0.1, 0.15) is 11.1 Å². The summed E-state index contributed by atoms with van der Waals surface area (Å²) in [4.78, 5) is 5.16. The van der Waals surface area contributed by atoms with Gasteiger partial charge in [0.05, 0.1) is 0 Å². The van der Waals surface area contributed by atoms with Gasteiger partial charge in [0, 0.05) is 34.1 Å². The SMILES string of the molecule is Cc1cc(-c2ccccc2)cc(C)c1-c1cc2c3c(c1)N(c1ccc(-c4ccccc4)cc1)c1cc4cc5ccccc5cc4cc1B3c1cc3cc4ccccc4cc3cc1N2c1ccc(-c2ccccc2)cc1. The van der Waals surface area contributed by atoms with Crippen LogP contribution in [0.3, 0.4) is 0 Å². The minimum absolute atomic E-state index is 0.0804. The van der Waals surface area contributed by atoms with Gasteiger partial charge in [0.25, 0.3) is 6.71 Å². The largest absolute Gasteiger partial charge is 0.311 e. The second kappa shape index (κ2) is 17.1. The number of fused-ring (bicyclic) bond motifs is 8. The van der Waals surface area contributed by atoms with E-state index in [0.29, 0.717) is 0 Å². The Morgan fingerprint density at radius 3 is 0.973 bits per heavy atom. The van der Waals surface area contributed by atoms with E-state index in [2.05, 4.69) is 285 Å². The number of aryl methyl sites for hydroxylation is 2. The summed E-state index contributed by atoms with van der Waals surface area (Å²) in [5.41, 5.74) is 23.1. The molecule has 0 radical (unpaired) electrons. The standard InChI is InChI=1S/C72H49BN2/c1-46-34-57(50-20-10-5-11-21-50)35-47(2)71(46)62-44-69-72-70(45-62)75(64-32-28-52(29-33-64)49-18-8-4-9-19-49)68-43-61-39-56-25-15-13-23-54(56)37-59(61)41-66(68)73(72)65-40-58-36-53-22-12-14-24-55(53)38-60(58)42-67(65)74(69)63-30-26-51(27-31-63)48-16-6-3-7-17-48/h3-45H,1-2H3. The summed E-state index contributed by atoms with van der Waals surface area (Å²) in [7, 11) is 0. The van der Waals surface area contributed by atoms with Gasteiger partial charge >= 0.3 is 0 Å². The molecule has 350 valence electrons. The Morgan fingerprint density at radius 1 is 0.253 bits per heavy atom. The molecule has 15 rings (SSSR count). The van der Waals surface area contributed by atoms with Crippen molar-refractivity contribution in [3.63, 3.8) is 0 Å². The Morgan fingerprint density at radius 2 is 0.587 bits per heavy atom. The van der Waals surface area contributed by atoms with Crippen LogP contribution in [0.25, 0.3) is 87.6 Å². The number of anilines is 6. The van der Waals surface area contributed by atoms with Crippen molar-refractivity contribution in [2.24, 2.45) is 0 Å². The molecule has 0 atom stereocenters. The molecule has 0 fully saturated rings. The maximum atomic E-state index is 2.58. The van der Waals surface area contributed by atoms with Gasteiger partial charge in [-0.05, 0) is 202 Å². The lowest BCUT2D eigenvalue weighted by Gasteiger charge is -2.45. The summed E-state index contributed by atoms with van der Waals surface area (Å²) in [6, 6.07) is 97.7. The van der Waals surface area contributed by atoms with E-state index in [4.69, 9.17) is 0 Å². The monoisotopic (exact) mass is 952 g/mol. The number of hydrogen-bond donors (Lipinski definition) is 0. The lowest BCUT2D eigenvalue weighted by atomic mass is 9.33. The maximum absolute atomic E-state index is 2.58. The van der Waals surface area contributed by atoms with Crippen LogP contribution in [-0.2, 0) is 0 Å². The first kappa shape index (κ1) is 43.2. The minimum atomic E-state index is -0.0804.